The maximum Gasteiger partial charge on any atom is 0.270 e. The summed E-state index contributed by atoms with van der Waals surface area (Å²) in [4.78, 5) is 11.4. The van der Waals surface area contributed by atoms with Gasteiger partial charge in [-0.1, -0.05) is 6.07 Å². The smallest absolute Gasteiger partial charge is 0.270 e. The van der Waals surface area contributed by atoms with Crippen LogP contribution in [-0.2, 0) is 12.1 Å². The molecule has 1 aromatic heterocycles. The van der Waals surface area contributed by atoms with E-state index in [0.717, 1.165) is 4.88 Å². The Morgan fingerprint density at radius 2 is 2.22 bits per heavy atom. The molecule has 0 spiro atoms. The predicted octanol–water partition coefficient (Wildman–Crippen LogP) is 3.05. The van der Waals surface area contributed by atoms with Gasteiger partial charge in [0.1, 0.15) is 11.4 Å². The average Bonchev–Trinajstić information content (AvgIpc) is 3.04. The van der Waals surface area contributed by atoms with Crippen LogP contribution < -0.4 is 10.1 Å². The molecule has 0 saturated carbocycles. The molecule has 0 bridgehead atoms. The molecule has 1 atom stereocenters. The lowest BCUT2D eigenvalue weighted by atomic mass is 10.0. The predicted molar refractivity (Wildman–Crippen MR) is 89.9 cm³/mol. The van der Waals surface area contributed by atoms with Gasteiger partial charge >= 0.3 is 0 Å². The van der Waals surface area contributed by atoms with E-state index < -0.39 is 10.5 Å². The van der Waals surface area contributed by atoms with Crippen LogP contribution in [0.5, 0.6) is 5.75 Å². The highest BCUT2D eigenvalue weighted by Crippen LogP contribution is 2.26. The molecule has 0 aliphatic rings. The Labute approximate surface area is 138 Å². The fraction of sp³-hybridized carbons (Fsp3) is 0.375. The highest BCUT2D eigenvalue weighted by Gasteiger charge is 2.23. The fourth-order valence-corrected chi connectivity index (χ4v) is 3.01. The minimum absolute atomic E-state index is 0.0234. The Balaban J connectivity index is 2.06. The SMILES string of the molecule is CCOc1ccc([N+](=O)[O-])cc1CNCC(C)(O)c1cccs1. The van der Waals surface area contributed by atoms with Gasteiger partial charge in [-0.3, -0.25) is 10.1 Å². The summed E-state index contributed by atoms with van der Waals surface area (Å²) in [7, 11) is 0. The number of nitro benzene ring substituents is 1. The van der Waals surface area contributed by atoms with Crippen LogP contribution in [0.1, 0.15) is 24.3 Å². The largest absolute Gasteiger partial charge is 0.494 e. The molecular formula is C16H20N2O4S. The van der Waals surface area contributed by atoms with Gasteiger partial charge in [0.05, 0.1) is 11.5 Å². The van der Waals surface area contributed by atoms with Crippen molar-refractivity contribution in [2.75, 3.05) is 13.2 Å². The van der Waals surface area contributed by atoms with E-state index in [9.17, 15) is 15.2 Å². The molecule has 2 N–H and O–H groups in total. The highest BCUT2D eigenvalue weighted by atomic mass is 32.1. The fourth-order valence-electron chi connectivity index (χ4n) is 2.23. The first-order valence-corrected chi connectivity index (χ1v) is 8.19. The number of hydrogen-bond donors (Lipinski definition) is 2. The molecule has 0 radical (unpaired) electrons. The van der Waals surface area contributed by atoms with Crippen molar-refractivity contribution in [2.45, 2.75) is 26.0 Å². The summed E-state index contributed by atoms with van der Waals surface area (Å²) in [5.41, 5.74) is -0.265. The van der Waals surface area contributed by atoms with E-state index in [2.05, 4.69) is 5.32 Å². The summed E-state index contributed by atoms with van der Waals surface area (Å²) in [6, 6.07) is 8.30. The summed E-state index contributed by atoms with van der Waals surface area (Å²) in [6.45, 7) is 4.79. The number of thiophene rings is 1. The molecule has 0 amide bonds. The average molecular weight is 336 g/mol. The second-order valence-corrected chi connectivity index (χ2v) is 6.28. The Morgan fingerprint density at radius 3 is 2.83 bits per heavy atom. The highest BCUT2D eigenvalue weighted by molar-refractivity contribution is 7.10. The second-order valence-electron chi connectivity index (χ2n) is 5.34. The molecule has 0 fully saturated rings. The summed E-state index contributed by atoms with van der Waals surface area (Å²) >= 11 is 1.49. The lowest BCUT2D eigenvalue weighted by Gasteiger charge is -2.22. The third-order valence-electron chi connectivity index (χ3n) is 3.39. The number of benzene rings is 1. The van der Waals surface area contributed by atoms with E-state index in [1.165, 1.54) is 23.5 Å². The van der Waals surface area contributed by atoms with Crippen molar-refractivity contribution in [2.24, 2.45) is 0 Å². The van der Waals surface area contributed by atoms with Crippen LogP contribution in [0, 0.1) is 10.1 Å². The van der Waals surface area contributed by atoms with Crippen LogP contribution >= 0.6 is 11.3 Å². The Hall–Kier alpha value is -1.96. The van der Waals surface area contributed by atoms with E-state index >= 15 is 0 Å². The van der Waals surface area contributed by atoms with Crippen molar-refractivity contribution >= 4 is 17.0 Å². The topological polar surface area (TPSA) is 84.6 Å². The van der Waals surface area contributed by atoms with Crippen LogP contribution in [0.4, 0.5) is 5.69 Å². The first-order valence-electron chi connectivity index (χ1n) is 7.31. The second kappa shape index (κ2) is 7.54. The van der Waals surface area contributed by atoms with Crippen molar-refractivity contribution in [3.63, 3.8) is 0 Å². The van der Waals surface area contributed by atoms with Crippen molar-refractivity contribution in [1.82, 2.24) is 5.32 Å². The number of ether oxygens (including phenoxy) is 1. The molecule has 0 aliphatic carbocycles. The summed E-state index contributed by atoms with van der Waals surface area (Å²) < 4.78 is 5.50. The third-order valence-corrected chi connectivity index (χ3v) is 4.51. The number of nitro groups is 1. The van der Waals surface area contributed by atoms with Crippen molar-refractivity contribution in [1.29, 1.82) is 0 Å². The Morgan fingerprint density at radius 1 is 1.43 bits per heavy atom. The van der Waals surface area contributed by atoms with Gasteiger partial charge in [-0.25, -0.2) is 0 Å². The molecule has 7 heteroatoms. The van der Waals surface area contributed by atoms with E-state index in [-0.39, 0.29) is 5.69 Å². The summed E-state index contributed by atoms with van der Waals surface area (Å²) in [6.07, 6.45) is 0. The van der Waals surface area contributed by atoms with Gasteiger partial charge in [0, 0.05) is 35.7 Å². The lowest BCUT2D eigenvalue weighted by molar-refractivity contribution is -0.384. The third kappa shape index (κ3) is 4.51. The molecule has 0 aliphatic heterocycles. The molecule has 1 heterocycles. The lowest BCUT2D eigenvalue weighted by Crippen LogP contribution is -2.34. The number of nitrogens with one attached hydrogen (secondary N) is 1. The molecule has 23 heavy (non-hydrogen) atoms. The number of rotatable bonds is 8. The zero-order valence-electron chi connectivity index (χ0n) is 13.1. The Bertz CT molecular complexity index is 656. The quantitative estimate of drug-likeness (QED) is 0.572. The zero-order valence-corrected chi connectivity index (χ0v) is 13.9. The van der Waals surface area contributed by atoms with Gasteiger partial charge in [0.2, 0.25) is 0 Å². The van der Waals surface area contributed by atoms with Crippen molar-refractivity contribution in [3.8, 4) is 5.75 Å². The van der Waals surface area contributed by atoms with Crippen molar-refractivity contribution < 1.29 is 14.8 Å². The van der Waals surface area contributed by atoms with Crippen LogP contribution in [0.15, 0.2) is 35.7 Å². The molecule has 1 unspecified atom stereocenters. The summed E-state index contributed by atoms with van der Waals surface area (Å²) in [5, 5.41) is 26.5. The Kier molecular flexibility index (Phi) is 5.70. The molecule has 2 rings (SSSR count). The molecule has 6 nitrogen and oxygen atoms in total. The number of non-ortho nitro benzene ring substituents is 1. The van der Waals surface area contributed by atoms with E-state index in [1.54, 1.807) is 13.0 Å². The van der Waals surface area contributed by atoms with Crippen LogP contribution in [0.25, 0.3) is 0 Å². The standard InChI is InChI=1S/C16H20N2O4S/c1-3-22-14-7-6-13(18(20)21)9-12(14)10-17-11-16(2,19)15-5-4-8-23-15/h4-9,17,19H,3,10-11H2,1-2H3. The molecule has 1 aromatic carbocycles. The van der Waals surface area contributed by atoms with Gasteiger partial charge < -0.3 is 15.2 Å². The van der Waals surface area contributed by atoms with Crippen molar-refractivity contribution in [3.05, 3.63) is 56.3 Å². The molecular weight excluding hydrogens is 316 g/mol. The molecule has 0 saturated heterocycles. The zero-order chi connectivity index (χ0) is 16.9. The first kappa shape index (κ1) is 17.4. The summed E-state index contributed by atoms with van der Waals surface area (Å²) in [5.74, 6) is 0.612. The van der Waals surface area contributed by atoms with E-state index in [4.69, 9.17) is 4.74 Å². The maximum atomic E-state index is 10.9. The van der Waals surface area contributed by atoms with Gasteiger partial charge in [0.25, 0.3) is 5.69 Å². The van der Waals surface area contributed by atoms with Gasteiger partial charge in [-0.2, -0.15) is 0 Å². The first-order chi connectivity index (χ1) is 10.9. The minimum Gasteiger partial charge on any atom is -0.494 e. The number of nitrogens with zero attached hydrogens (tertiary/aromatic N) is 1. The van der Waals surface area contributed by atoms with Crippen LogP contribution in [0.3, 0.4) is 0 Å². The number of aliphatic hydroxyl groups is 1. The number of hydrogen-bond acceptors (Lipinski definition) is 6. The van der Waals surface area contributed by atoms with E-state index in [0.29, 0.717) is 31.0 Å². The normalized spacial score (nSPS) is 13.5. The van der Waals surface area contributed by atoms with Gasteiger partial charge in [0.15, 0.2) is 0 Å². The molecule has 124 valence electrons. The van der Waals surface area contributed by atoms with Crippen LogP contribution in [0.2, 0.25) is 0 Å². The van der Waals surface area contributed by atoms with Crippen LogP contribution in [-0.4, -0.2) is 23.2 Å². The van der Waals surface area contributed by atoms with Gasteiger partial charge in [-0.05, 0) is 31.4 Å². The maximum absolute atomic E-state index is 10.9. The van der Waals surface area contributed by atoms with Gasteiger partial charge in [-0.15, -0.1) is 11.3 Å². The monoisotopic (exact) mass is 336 g/mol. The van der Waals surface area contributed by atoms with E-state index in [1.807, 2.05) is 24.4 Å². The molecule has 2 aromatic rings. The minimum atomic E-state index is -0.985.